The van der Waals surface area contributed by atoms with Crippen LogP contribution in [0.1, 0.15) is 34.3 Å². The Labute approximate surface area is 181 Å². The zero-order valence-electron chi connectivity index (χ0n) is 17.6. The summed E-state index contributed by atoms with van der Waals surface area (Å²) < 4.78 is 5.79. The van der Waals surface area contributed by atoms with Crippen LogP contribution in [0.4, 0.5) is 0 Å². The van der Waals surface area contributed by atoms with Crippen molar-refractivity contribution in [2.75, 3.05) is 45.9 Å². The van der Waals surface area contributed by atoms with Crippen molar-refractivity contribution in [1.29, 1.82) is 0 Å². The van der Waals surface area contributed by atoms with Gasteiger partial charge in [-0.15, -0.1) is 0 Å². The van der Waals surface area contributed by atoms with Crippen molar-refractivity contribution in [2.45, 2.75) is 37.5 Å². The molecule has 0 bridgehead atoms. The fraction of sp³-hybridized carbons (Fsp3) is 0.591. The molecule has 2 unspecified atom stereocenters. The first-order valence-corrected chi connectivity index (χ1v) is 11.1. The average molecular weight is 428 g/mol. The van der Waals surface area contributed by atoms with Gasteiger partial charge in [0, 0.05) is 57.8 Å². The number of piperidine rings is 1. The molecule has 2 atom stereocenters. The van der Waals surface area contributed by atoms with Gasteiger partial charge in [-0.1, -0.05) is 18.2 Å². The summed E-state index contributed by atoms with van der Waals surface area (Å²) in [6, 6.07) is 5.30. The molecule has 0 saturated carbocycles. The van der Waals surface area contributed by atoms with E-state index in [1.54, 1.807) is 4.90 Å². The van der Waals surface area contributed by atoms with Crippen molar-refractivity contribution >= 4 is 17.7 Å². The van der Waals surface area contributed by atoms with Gasteiger partial charge in [-0.2, -0.15) is 0 Å². The van der Waals surface area contributed by atoms with Crippen molar-refractivity contribution in [2.24, 2.45) is 0 Å². The van der Waals surface area contributed by atoms with Crippen LogP contribution >= 0.6 is 0 Å². The number of imide groups is 1. The second kappa shape index (κ2) is 8.31. The first-order chi connectivity index (χ1) is 15.1. The SMILES string of the molecule is O=C1CCC(N2Cc3cccc(CNCC45CNCCN4CCOC5)c3C2=O)C(=O)N1. The average Bonchev–Trinajstić information content (AvgIpc) is 3.11. The Morgan fingerprint density at radius 1 is 1.23 bits per heavy atom. The summed E-state index contributed by atoms with van der Waals surface area (Å²) in [4.78, 5) is 41.1. The van der Waals surface area contributed by atoms with Gasteiger partial charge in [0.15, 0.2) is 0 Å². The minimum Gasteiger partial charge on any atom is -0.378 e. The van der Waals surface area contributed by atoms with Gasteiger partial charge in [0.2, 0.25) is 11.8 Å². The van der Waals surface area contributed by atoms with E-state index in [-0.39, 0.29) is 29.7 Å². The smallest absolute Gasteiger partial charge is 0.255 e. The molecule has 3 fully saturated rings. The normalized spacial score (nSPS) is 29.0. The summed E-state index contributed by atoms with van der Waals surface area (Å²) in [6.45, 7) is 7.08. The fourth-order valence-corrected chi connectivity index (χ4v) is 5.30. The predicted octanol–water partition coefficient (Wildman–Crippen LogP) is -0.789. The van der Waals surface area contributed by atoms with E-state index in [0.717, 1.165) is 50.5 Å². The summed E-state index contributed by atoms with van der Waals surface area (Å²) in [6.07, 6.45) is 0.642. The Hall–Kier alpha value is -2.33. The first kappa shape index (κ1) is 20.6. The number of hydrogen-bond donors (Lipinski definition) is 3. The standard InChI is InChI=1S/C22H29N5O4/c28-18-5-4-17(20(29)25-18)27-11-16-3-1-2-15(19(16)21(27)30)10-24-13-22-12-23-6-7-26(22)8-9-31-14-22/h1-3,17,23-24H,4-14H2,(H,25,28,29). The topological polar surface area (TPSA) is 103 Å². The van der Waals surface area contributed by atoms with E-state index >= 15 is 0 Å². The van der Waals surface area contributed by atoms with E-state index < -0.39 is 6.04 Å². The summed E-state index contributed by atoms with van der Waals surface area (Å²) in [5.74, 6) is -0.770. The summed E-state index contributed by atoms with van der Waals surface area (Å²) >= 11 is 0. The fourth-order valence-electron chi connectivity index (χ4n) is 5.30. The molecule has 9 heteroatoms. The lowest BCUT2D eigenvalue weighted by Crippen LogP contribution is -2.69. The number of ether oxygens (including phenoxy) is 1. The Kier molecular flexibility index (Phi) is 5.51. The monoisotopic (exact) mass is 427 g/mol. The third kappa shape index (κ3) is 3.76. The van der Waals surface area contributed by atoms with Gasteiger partial charge in [0.1, 0.15) is 6.04 Å². The number of carbonyl (C=O) groups excluding carboxylic acids is 3. The van der Waals surface area contributed by atoms with Crippen LogP contribution in [-0.2, 0) is 27.4 Å². The van der Waals surface area contributed by atoms with Gasteiger partial charge >= 0.3 is 0 Å². The Balaban J connectivity index is 1.28. The van der Waals surface area contributed by atoms with Gasteiger partial charge in [-0.3, -0.25) is 24.6 Å². The van der Waals surface area contributed by atoms with Gasteiger partial charge < -0.3 is 20.3 Å². The minimum absolute atomic E-state index is 0.0583. The van der Waals surface area contributed by atoms with E-state index in [2.05, 4.69) is 20.9 Å². The highest BCUT2D eigenvalue weighted by Gasteiger charge is 2.42. The lowest BCUT2D eigenvalue weighted by molar-refractivity contribution is -0.136. The van der Waals surface area contributed by atoms with Crippen LogP contribution in [0.15, 0.2) is 18.2 Å². The molecule has 1 aromatic rings. The van der Waals surface area contributed by atoms with Crippen LogP contribution < -0.4 is 16.0 Å². The van der Waals surface area contributed by atoms with Crippen LogP contribution in [0.25, 0.3) is 0 Å². The Morgan fingerprint density at radius 3 is 3.00 bits per heavy atom. The van der Waals surface area contributed by atoms with Crippen molar-refractivity contribution in [3.05, 3.63) is 34.9 Å². The molecule has 9 nitrogen and oxygen atoms in total. The third-order valence-corrected chi connectivity index (χ3v) is 6.97. The van der Waals surface area contributed by atoms with E-state index in [1.807, 2.05) is 18.2 Å². The molecule has 4 aliphatic heterocycles. The van der Waals surface area contributed by atoms with Gasteiger partial charge in [-0.05, 0) is 17.5 Å². The molecular formula is C22H29N5O4. The largest absolute Gasteiger partial charge is 0.378 e. The first-order valence-electron chi connectivity index (χ1n) is 11.1. The van der Waals surface area contributed by atoms with Gasteiger partial charge in [0.05, 0.1) is 18.8 Å². The Bertz CT molecular complexity index is 892. The minimum atomic E-state index is -0.585. The number of carbonyl (C=O) groups is 3. The number of fused-ring (bicyclic) bond motifs is 2. The molecule has 3 N–H and O–H groups in total. The highest BCUT2D eigenvalue weighted by atomic mass is 16.5. The van der Waals surface area contributed by atoms with Crippen molar-refractivity contribution in [1.82, 2.24) is 25.8 Å². The molecule has 1 aromatic carbocycles. The van der Waals surface area contributed by atoms with Crippen LogP contribution in [0.5, 0.6) is 0 Å². The molecule has 0 aromatic heterocycles. The molecule has 4 aliphatic rings. The highest BCUT2D eigenvalue weighted by Crippen LogP contribution is 2.30. The molecular weight excluding hydrogens is 398 g/mol. The third-order valence-electron chi connectivity index (χ3n) is 6.97. The molecule has 166 valence electrons. The van der Waals surface area contributed by atoms with Gasteiger partial charge in [-0.25, -0.2) is 0 Å². The predicted molar refractivity (Wildman–Crippen MR) is 112 cm³/mol. The quantitative estimate of drug-likeness (QED) is 0.530. The van der Waals surface area contributed by atoms with E-state index in [4.69, 9.17) is 4.74 Å². The number of rotatable bonds is 5. The van der Waals surface area contributed by atoms with E-state index in [9.17, 15) is 14.4 Å². The maximum Gasteiger partial charge on any atom is 0.255 e. The lowest BCUT2D eigenvalue weighted by atomic mass is 9.93. The molecule has 31 heavy (non-hydrogen) atoms. The molecule has 0 spiro atoms. The maximum absolute atomic E-state index is 13.2. The number of nitrogens with one attached hydrogen (secondary N) is 3. The lowest BCUT2D eigenvalue weighted by Gasteiger charge is -2.50. The molecule has 3 saturated heterocycles. The van der Waals surface area contributed by atoms with Crippen LogP contribution in [-0.4, -0.2) is 85.0 Å². The molecule has 4 heterocycles. The zero-order chi connectivity index (χ0) is 21.4. The van der Waals surface area contributed by atoms with Crippen LogP contribution in [0.3, 0.4) is 0 Å². The maximum atomic E-state index is 13.2. The molecule has 0 aliphatic carbocycles. The highest BCUT2D eigenvalue weighted by molar-refractivity contribution is 6.05. The summed E-state index contributed by atoms with van der Waals surface area (Å²) in [5, 5.41) is 9.41. The molecule has 5 rings (SSSR count). The second-order valence-corrected chi connectivity index (χ2v) is 8.90. The molecule has 0 radical (unpaired) electrons. The second-order valence-electron chi connectivity index (χ2n) is 8.90. The van der Waals surface area contributed by atoms with Crippen LogP contribution in [0.2, 0.25) is 0 Å². The zero-order valence-corrected chi connectivity index (χ0v) is 17.6. The van der Waals surface area contributed by atoms with E-state index in [1.165, 1.54) is 0 Å². The Morgan fingerprint density at radius 2 is 2.13 bits per heavy atom. The van der Waals surface area contributed by atoms with Crippen molar-refractivity contribution < 1.29 is 19.1 Å². The summed E-state index contributed by atoms with van der Waals surface area (Å²) in [7, 11) is 0. The van der Waals surface area contributed by atoms with Crippen molar-refractivity contribution in [3.8, 4) is 0 Å². The summed E-state index contributed by atoms with van der Waals surface area (Å²) in [5.41, 5.74) is 2.52. The number of piperazine rings is 1. The van der Waals surface area contributed by atoms with E-state index in [0.29, 0.717) is 31.7 Å². The van der Waals surface area contributed by atoms with Crippen LogP contribution in [0, 0.1) is 0 Å². The number of amides is 3. The molecule has 3 amide bonds. The number of morpholine rings is 1. The number of nitrogens with zero attached hydrogens (tertiary/aromatic N) is 2. The van der Waals surface area contributed by atoms with Crippen molar-refractivity contribution in [3.63, 3.8) is 0 Å². The van der Waals surface area contributed by atoms with Gasteiger partial charge in [0.25, 0.3) is 5.91 Å². The number of hydrogen-bond acceptors (Lipinski definition) is 7. The number of benzene rings is 1.